The van der Waals surface area contributed by atoms with Crippen LogP contribution in [-0.2, 0) is 24.4 Å². The Labute approximate surface area is 606 Å². The van der Waals surface area contributed by atoms with Gasteiger partial charge in [0.25, 0.3) is 0 Å². The lowest BCUT2D eigenvalue weighted by Crippen LogP contribution is -2.50. The van der Waals surface area contributed by atoms with Gasteiger partial charge in [0, 0.05) is 16.7 Å². The number of rotatable bonds is 78. The second-order valence-corrected chi connectivity index (χ2v) is 34.3. The predicted octanol–water partition coefficient (Wildman–Crippen LogP) is 28.1. The van der Waals surface area contributed by atoms with Crippen LogP contribution in [0.25, 0.3) is 0 Å². The molecule has 570 valence electrons. The number of benzene rings is 1. The largest absolute Gasteiger partial charge is 0.490 e. The zero-order chi connectivity index (χ0) is 70.0. The van der Waals surface area contributed by atoms with Crippen LogP contribution in [-0.4, -0.2) is 119 Å². The number of quaternary nitrogens is 4. The van der Waals surface area contributed by atoms with Crippen molar-refractivity contribution in [2.45, 2.75) is 446 Å². The highest BCUT2D eigenvalue weighted by Crippen LogP contribution is 2.35. The van der Waals surface area contributed by atoms with E-state index in [1.807, 2.05) is 0 Å². The smallest absolute Gasteiger partial charge is 0.182 e. The van der Waals surface area contributed by atoms with Crippen molar-refractivity contribution in [1.29, 1.82) is 0 Å². The van der Waals surface area contributed by atoms with Crippen molar-refractivity contribution in [3.05, 3.63) is 28.8 Å². The summed E-state index contributed by atoms with van der Waals surface area (Å²) in [5.41, 5.74) is 4.64. The molecule has 0 heterocycles. The van der Waals surface area contributed by atoms with Gasteiger partial charge in [-0.05, 0) is 89.2 Å². The minimum absolute atomic E-state index is 0.613. The van der Waals surface area contributed by atoms with Crippen molar-refractivity contribution in [1.82, 2.24) is 0 Å². The van der Waals surface area contributed by atoms with Crippen LogP contribution in [0.15, 0.2) is 12.1 Å². The molecule has 0 radical (unpaired) electrons. The van der Waals surface area contributed by atoms with E-state index in [1.54, 1.807) is 11.1 Å². The molecule has 0 aliphatic rings. The molecule has 1 aromatic rings. The van der Waals surface area contributed by atoms with Crippen LogP contribution in [0.4, 0.5) is 0 Å². The van der Waals surface area contributed by atoms with Crippen LogP contribution >= 0.6 is 0 Å². The zero-order valence-electron chi connectivity index (χ0n) is 68.7. The van der Waals surface area contributed by atoms with E-state index in [0.29, 0.717) is 19.9 Å². The highest BCUT2D eigenvalue weighted by atomic mass is 16.5. The fraction of sp³-hybridized carbons (Fsp3) is 0.933. The summed E-state index contributed by atoms with van der Waals surface area (Å²) in [6, 6.07) is 5.56. The van der Waals surface area contributed by atoms with Gasteiger partial charge < -0.3 is 27.4 Å². The Hall–Kier alpha value is -1.18. The number of unbranched alkanes of at least 4 members (excludes halogenated alkanes) is 54. The summed E-state index contributed by atoms with van der Waals surface area (Å²) < 4.78 is 18.1. The van der Waals surface area contributed by atoms with Gasteiger partial charge in [0.15, 0.2) is 6.73 Å². The van der Waals surface area contributed by atoms with E-state index in [0.717, 1.165) is 22.1 Å². The van der Waals surface area contributed by atoms with Gasteiger partial charge in [-0.3, -0.25) is 0 Å². The lowest BCUT2D eigenvalue weighted by Gasteiger charge is -2.41. The van der Waals surface area contributed by atoms with Crippen molar-refractivity contribution in [2.24, 2.45) is 0 Å². The highest BCUT2D eigenvalue weighted by molar-refractivity contribution is 5.44. The predicted molar refractivity (Wildman–Crippen MR) is 431 cm³/mol. The molecule has 0 aliphatic heterocycles. The van der Waals surface area contributed by atoms with Crippen LogP contribution in [0, 0.1) is 0 Å². The Kier molecular flexibility index (Phi) is 63.6. The Balaban J connectivity index is 4.16. The molecule has 6 heteroatoms. The van der Waals surface area contributed by atoms with E-state index in [2.05, 4.69) is 96.0 Å². The molecule has 0 saturated carbocycles. The third kappa shape index (κ3) is 57.3. The SMILES string of the molecule is CCCCCCCCCCCC[N+](CCCCCCCCCCCC)(CCCCCCCCCCCC)Cc1cc(C[N+](C)(C)C)c(OCCOC[N+](C)(C)C)c(C[N+](CCCCCCCCCCCC)(CCCCCCCCCCCC)CCCCCCCCCCCC)c1. The summed E-state index contributed by atoms with van der Waals surface area (Å²) >= 11 is 0. The topological polar surface area (TPSA) is 18.5 Å². The third-order valence-electron chi connectivity index (χ3n) is 21.8. The van der Waals surface area contributed by atoms with Crippen LogP contribution in [0.1, 0.15) is 443 Å². The Bertz CT molecular complexity index is 1630. The van der Waals surface area contributed by atoms with Crippen LogP contribution in [0.5, 0.6) is 5.75 Å². The first kappa shape index (κ1) is 92.8. The number of hydrogen-bond donors (Lipinski definition) is 0. The molecule has 0 unspecified atom stereocenters. The third-order valence-corrected chi connectivity index (χ3v) is 21.8. The maximum atomic E-state index is 7.43. The molecule has 0 aromatic heterocycles. The van der Waals surface area contributed by atoms with Crippen molar-refractivity contribution >= 4 is 0 Å². The van der Waals surface area contributed by atoms with Crippen LogP contribution in [0.3, 0.4) is 0 Å². The molecular formula is C90H182N4O2+4. The molecule has 0 spiro atoms. The molecule has 96 heavy (non-hydrogen) atoms. The van der Waals surface area contributed by atoms with E-state index >= 15 is 0 Å². The molecule has 0 N–H and O–H groups in total. The number of nitrogens with zero attached hydrogens (tertiary/aromatic N) is 4. The fourth-order valence-electron chi connectivity index (χ4n) is 15.9. The average Bonchev–Trinajstić information content (AvgIpc) is 0.791. The molecule has 0 saturated heterocycles. The van der Waals surface area contributed by atoms with E-state index in [-0.39, 0.29) is 0 Å². The summed E-state index contributed by atoms with van der Waals surface area (Å²) in [6.45, 7) is 27.4. The summed E-state index contributed by atoms with van der Waals surface area (Å²) in [5.74, 6) is 1.23. The van der Waals surface area contributed by atoms with E-state index in [4.69, 9.17) is 9.47 Å². The van der Waals surface area contributed by atoms with Gasteiger partial charge in [0.2, 0.25) is 0 Å². The summed E-state index contributed by atoms with van der Waals surface area (Å²) in [5, 5.41) is 0. The molecule has 0 bridgehead atoms. The molecule has 1 rings (SSSR count). The highest BCUT2D eigenvalue weighted by Gasteiger charge is 2.33. The van der Waals surface area contributed by atoms with E-state index in [1.165, 1.54) is 451 Å². The van der Waals surface area contributed by atoms with Crippen LogP contribution in [0.2, 0.25) is 0 Å². The minimum atomic E-state index is 0.613. The normalized spacial score (nSPS) is 12.5. The first-order valence-corrected chi connectivity index (χ1v) is 44.4. The number of hydrogen-bond acceptors (Lipinski definition) is 2. The van der Waals surface area contributed by atoms with E-state index in [9.17, 15) is 0 Å². The Morgan fingerprint density at radius 1 is 0.229 bits per heavy atom. The Morgan fingerprint density at radius 2 is 0.438 bits per heavy atom. The lowest BCUT2D eigenvalue weighted by molar-refractivity contribution is -0.942. The van der Waals surface area contributed by atoms with Gasteiger partial charge in [0.1, 0.15) is 32.0 Å². The van der Waals surface area contributed by atoms with Crippen molar-refractivity contribution < 1.29 is 27.4 Å². The summed E-state index contributed by atoms with van der Waals surface area (Å²) in [4.78, 5) is 0. The average molecular weight is 1350 g/mol. The van der Waals surface area contributed by atoms with Gasteiger partial charge in [-0.2, -0.15) is 0 Å². The standard InChI is InChI=1S/C90H182N4O2/c1-13-19-25-31-37-43-49-55-61-67-73-93(74-68-62-56-50-44-38-32-26-20-14-2,75-69-63-57-51-45-39-33-27-21-15-3)83-87-81-88(84-91(7,8)9)90(96-80-79-95-86-92(10,11)12)89(82-87)85-94(76-70-64-58-52-46-40-34-28-22-16-4,77-71-65-59-53-47-41-35-29-23-17-5)78-72-66-60-54-48-42-36-30-24-18-6/h81-82H,13-80,83-86H2,1-12H3/q+4. The van der Waals surface area contributed by atoms with E-state index < -0.39 is 0 Å². The monoisotopic (exact) mass is 1350 g/mol. The molecule has 0 aliphatic carbocycles. The molecule has 1 aromatic carbocycles. The molecule has 0 amide bonds. The molecule has 0 fully saturated rings. The fourth-order valence-corrected chi connectivity index (χ4v) is 15.9. The second-order valence-electron chi connectivity index (χ2n) is 34.3. The van der Waals surface area contributed by atoms with Gasteiger partial charge >= 0.3 is 0 Å². The maximum Gasteiger partial charge on any atom is 0.182 e. The number of ether oxygens (including phenoxy) is 2. The van der Waals surface area contributed by atoms with Gasteiger partial charge in [0.05, 0.1) is 88.2 Å². The van der Waals surface area contributed by atoms with Gasteiger partial charge in [-0.25, -0.2) is 0 Å². The molecule has 0 atom stereocenters. The van der Waals surface area contributed by atoms with Crippen molar-refractivity contribution in [3.63, 3.8) is 0 Å². The zero-order valence-corrected chi connectivity index (χ0v) is 68.7. The first-order chi connectivity index (χ1) is 46.7. The summed E-state index contributed by atoms with van der Waals surface area (Å²) in [7, 11) is 14.0. The summed E-state index contributed by atoms with van der Waals surface area (Å²) in [6.07, 6.45) is 84.7. The van der Waals surface area contributed by atoms with Gasteiger partial charge in [-0.15, -0.1) is 0 Å². The molecular weight excluding hydrogens is 1170 g/mol. The molecule has 6 nitrogen and oxygen atoms in total. The van der Waals surface area contributed by atoms with Crippen LogP contribution < -0.4 is 4.74 Å². The van der Waals surface area contributed by atoms with Gasteiger partial charge in [-0.1, -0.05) is 350 Å². The first-order valence-electron chi connectivity index (χ1n) is 44.4. The van der Waals surface area contributed by atoms with Crippen molar-refractivity contribution in [2.75, 3.05) is 101 Å². The maximum absolute atomic E-state index is 7.43. The quantitative estimate of drug-likeness (QED) is 0.0368. The second kappa shape index (κ2) is 65.8. The minimum Gasteiger partial charge on any atom is -0.490 e. The Morgan fingerprint density at radius 3 is 0.656 bits per heavy atom. The van der Waals surface area contributed by atoms with Crippen molar-refractivity contribution in [3.8, 4) is 5.75 Å². The lowest BCUT2D eigenvalue weighted by atomic mass is 9.98.